The summed E-state index contributed by atoms with van der Waals surface area (Å²) < 4.78 is 47.1. The lowest BCUT2D eigenvalue weighted by Gasteiger charge is -2.52. The van der Waals surface area contributed by atoms with Crippen molar-refractivity contribution in [2.75, 3.05) is 33.3 Å². The van der Waals surface area contributed by atoms with Crippen molar-refractivity contribution >= 4 is 30.3 Å². The number of rotatable bonds is 17. The average Bonchev–Trinajstić information content (AvgIpc) is 3.97. The number of aliphatic hydroxyl groups excluding tert-OH is 4. The molecule has 0 radical (unpaired) electrons. The van der Waals surface area contributed by atoms with Gasteiger partial charge in [-0.2, -0.15) is 0 Å². The minimum Gasteiger partial charge on any atom is -0.492 e. The topological polar surface area (TPSA) is 336 Å². The van der Waals surface area contributed by atoms with Crippen molar-refractivity contribution in [2.45, 2.75) is 243 Å². The van der Waals surface area contributed by atoms with Crippen LogP contribution in [-0.2, 0) is 42.7 Å². The van der Waals surface area contributed by atoms with Gasteiger partial charge in [-0.1, -0.05) is 0 Å². The van der Waals surface area contributed by atoms with Gasteiger partial charge in [0.2, 0.25) is 6.41 Å². The van der Waals surface area contributed by atoms with E-state index in [0.717, 1.165) is 4.90 Å². The molecule has 2 aliphatic heterocycles. The molecule has 5 amide bonds. The van der Waals surface area contributed by atoms with E-state index in [2.05, 4.69) is 31.9 Å². The fraction of sp³-hybridized carbons (Fsp3) is 0.863. The number of amides is 5. The number of ether oxygens (including phenoxy) is 8. The van der Waals surface area contributed by atoms with E-state index in [9.17, 15) is 49.5 Å². The van der Waals surface area contributed by atoms with Crippen LogP contribution in [0, 0.1) is 5.92 Å². The quantitative estimate of drug-likeness (QED) is 0.0734. The summed E-state index contributed by atoms with van der Waals surface area (Å²) in [6, 6.07) is -4.84. The van der Waals surface area contributed by atoms with Crippen LogP contribution in [0.2, 0.25) is 0 Å². The number of alkyl carbamates (subject to hydrolysis) is 3. The number of aliphatic hydroxyl groups is 5. The average molecular weight is 1090 g/mol. The molecule has 25 heteroatoms. The minimum absolute atomic E-state index is 0.122. The summed E-state index contributed by atoms with van der Waals surface area (Å²) in [6.45, 7) is 26.0. The molecule has 0 bridgehead atoms. The standard InChI is InChI=1S/C51H91N7O18/c1-45(2,3)72-40(63)53-24-31(59)38(62)54-30-22-29(56-42(65)74-47(7,8)9)32(33(60)36(30)71-39-34(61)37(50(16,68)26-69-39)58(17)44(67)76-49(13,14)15)35-28(55-41(64)73-46(4,5)6)19-18-27(70-35)23-52-25-51(20-21-51)57-43(66)75-48(10,11)12/h18,28-37,39,41,52,55,59-61,64,68H,19-26H2,1-17H3,(H,53,63)(H,54,62)(H,56,65)(H,57,66)/t28-,29+,30-,31+,32-,33+,34-,35?,36+,37-,39-,41?,50+/m1/s1. The molecule has 0 aromatic rings. The molecule has 11 N–H and O–H groups in total. The fourth-order valence-electron chi connectivity index (χ4n) is 9.11. The molecule has 0 aromatic carbocycles. The Balaban J connectivity index is 1.79. The Morgan fingerprint density at radius 1 is 0.763 bits per heavy atom. The number of hydrogen-bond acceptors (Lipinski definition) is 20. The lowest BCUT2D eigenvalue weighted by Crippen LogP contribution is -2.71. The molecule has 2 saturated carbocycles. The summed E-state index contributed by atoms with van der Waals surface area (Å²) in [5.41, 5.74) is -6.85. The third-order valence-electron chi connectivity index (χ3n) is 12.3. The van der Waals surface area contributed by atoms with Crippen LogP contribution in [0.5, 0.6) is 0 Å². The number of carbonyl (C=O) groups is 5. The Morgan fingerprint density at radius 3 is 1.88 bits per heavy atom. The van der Waals surface area contributed by atoms with Gasteiger partial charge in [0.25, 0.3) is 5.91 Å². The van der Waals surface area contributed by atoms with Gasteiger partial charge in [-0.15, -0.1) is 0 Å². The van der Waals surface area contributed by atoms with Gasteiger partial charge in [0, 0.05) is 25.6 Å². The first-order valence-electron chi connectivity index (χ1n) is 26.0. The lowest BCUT2D eigenvalue weighted by molar-refractivity contribution is -0.306. The molecule has 1 saturated heterocycles. The molecule has 76 heavy (non-hydrogen) atoms. The van der Waals surface area contributed by atoms with Crippen molar-refractivity contribution in [3.8, 4) is 0 Å². The van der Waals surface area contributed by atoms with Gasteiger partial charge in [-0.3, -0.25) is 10.1 Å². The lowest BCUT2D eigenvalue weighted by atomic mass is 9.72. The predicted octanol–water partition coefficient (Wildman–Crippen LogP) is 2.09. The Labute approximate surface area is 447 Å². The molecule has 2 aliphatic carbocycles. The second-order valence-corrected chi connectivity index (χ2v) is 25.6. The Kier molecular flexibility index (Phi) is 20.9. The predicted molar refractivity (Wildman–Crippen MR) is 274 cm³/mol. The molecular formula is C51H91N7O18. The van der Waals surface area contributed by atoms with E-state index < -0.39 is 156 Å². The maximum Gasteiger partial charge on any atom is 0.410 e. The molecule has 438 valence electrons. The molecule has 3 fully saturated rings. The van der Waals surface area contributed by atoms with Crippen molar-refractivity contribution in [2.24, 2.45) is 5.92 Å². The summed E-state index contributed by atoms with van der Waals surface area (Å²) in [5.74, 6) is -1.91. The number of hydrogen-bond donors (Lipinski definition) is 11. The summed E-state index contributed by atoms with van der Waals surface area (Å²) in [6.07, 6.45) is -11.9. The first-order chi connectivity index (χ1) is 34.6. The maximum atomic E-state index is 14.0. The van der Waals surface area contributed by atoms with E-state index >= 15 is 0 Å². The largest absolute Gasteiger partial charge is 0.492 e. The number of nitrogens with zero attached hydrogens (tertiary/aromatic N) is 1. The van der Waals surface area contributed by atoms with E-state index in [-0.39, 0.29) is 19.4 Å². The van der Waals surface area contributed by atoms with Gasteiger partial charge in [0.1, 0.15) is 58.2 Å². The zero-order chi connectivity index (χ0) is 57.7. The van der Waals surface area contributed by atoms with Crippen LogP contribution in [0.4, 0.5) is 19.2 Å². The van der Waals surface area contributed by atoms with Crippen LogP contribution >= 0.6 is 0 Å². The van der Waals surface area contributed by atoms with E-state index in [4.69, 9.17) is 37.9 Å². The van der Waals surface area contributed by atoms with Crippen molar-refractivity contribution in [1.29, 1.82) is 0 Å². The van der Waals surface area contributed by atoms with Crippen LogP contribution in [-0.4, -0.2) is 201 Å². The molecule has 2 unspecified atom stereocenters. The zero-order valence-corrected chi connectivity index (χ0v) is 47.7. The van der Waals surface area contributed by atoms with Gasteiger partial charge in [0.05, 0.1) is 55.1 Å². The molecule has 0 spiro atoms. The second-order valence-electron chi connectivity index (χ2n) is 25.6. The first kappa shape index (κ1) is 64.2. The molecule has 0 aromatic heterocycles. The second kappa shape index (κ2) is 24.8. The monoisotopic (exact) mass is 1090 g/mol. The minimum atomic E-state index is -1.90. The van der Waals surface area contributed by atoms with Crippen LogP contribution in [0.15, 0.2) is 11.8 Å². The molecule has 13 atom stereocenters. The summed E-state index contributed by atoms with van der Waals surface area (Å²) in [4.78, 5) is 67.5. The van der Waals surface area contributed by atoms with Crippen molar-refractivity contribution < 1.29 is 87.4 Å². The molecule has 4 aliphatic rings. The SMILES string of the molecule is CN(C(=O)OC(C)(C)C)[C@@H]1[C@@H](O)[C@@H](O[C@@H]2[C@@H](O)[C@H](C3OC(CNCC4(NC(=O)OC(C)(C)C)CC4)=CC[C@H]3NC(O)OC(C)(C)C)[C@@H](NC(=O)OC(C)(C)C)C[C@H]2NC(=O)[C@@H](O)CNC(=O)OC(C)(C)C)OC[C@]1(C)O. The zero-order valence-electron chi connectivity index (χ0n) is 47.7. The van der Waals surface area contributed by atoms with Gasteiger partial charge >= 0.3 is 24.4 Å². The third kappa shape index (κ3) is 20.2. The molecular weight excluding hydrogens is 999 g/mol. The van der Waals surface area contributed by atoms with Gasteiger partial charge < -0.3 is 94.9 Å². The van der Waals surface area contributed by atoms with Gasteiger partial charge in [-0.25, -0.2) is 19.2 Å². The molecule has 25 nitrogen and oxygen atoms in total. The van der Waals surface area contributed by atoms with Crippen molar-refractivity contribution in [1.82, 2.24) is 36.8 Å². The fourth-order valence-corrected chi connectivity index (χ4v) is 9.11. The first-order valence-corrected chi connectivity index (χ1v) is 26.0. The third-order valence-corrected chi connectivity index (χ3v) is 12.3. The smallest absolute Gasteiger partial charge is 0.410 e. The summed E-state index contributed by atoms with van der Waals surface area (Å²) >= 11 is 0. The molecule has 2 heterocycles. The Hall–Kier alpha value is -4.31. The van der Waals surface area contributed by atoms with Crippen molar-refractivity contribution in [3.63, 3.8) is 0 Å². The Morgan fingerprint density at radius 2 is 1.33 bits per heavy atom. The van der Waals surface area contributed by atoms with Crippen LogP contribution in [0.3, 0.4) is 0 Å². The number of carbonyl (C=O) groups excluding carboxylic acids is 5. The summed E-state index contributed by atoms with van der Waals surface area (Å²) in [7, 11) is 1.32. The normalized spacial score (nSPS) is 29.7. The highest BCUT2D eigenvalue weighted by molar-refractivity contribution is 5.82. The number of likely N-dealkylation sites (N-methyl/N-ethyl adjacent to an activating group) is 1. The van der Waals surface area contributed by atoms with E-state index in [1.807, 2.05) is 0 Å². The highest BCUT2D eigenvalue weighted by atomic mass is 16.7. The van der Waals surface area contributed by atoms with Gasteiger partial charge in [0.15, 0.2) is 6.29 Å². The van der Waals surface area contributed by atoms with Crippen molar-refractivity contribution in [3.05, 3.63) is 11.8 Å². The number of nitrogens with one attached hydrogen (secondary N) is 6. The summed E-state index contributed by atoms with van der Waals surface area (Å²) in [5, 5.41) is 76.3. The van der Waals surface area contributed by atoms with E-state index in [1.165, 1.54) is 14.0 Å². The van der Waals surface area contributed by atoms with E-state index in [0.29, 0.717) is 25.1 Å². The highest BCUT2D eigenvalue weighted by Crippen LogP contribution is 2.40. The van der Waals surface area contributed by atoms with Crippen LogP contribution < -0.4 is 31.9 Å². The molecule has 4 rings (SSSR count). The van der Waals surface area contributed by atoms with Gasteiger partial charge in [-0.05, 0) is 143 Å². The van der Waals surface area contributed by atoms with Crippen LogP contribution in [0.1, 0.15) is 136 Å². The maximum absolute atomic E-state index is 14.0. The highest BCUT2D eigenvalue weighted by Gasteiger charge is 2.57. The van der Waals surface area contributed by atoms with Crippen LogP contribution in [0.25, 0.3) is 0 Å². The van der Waals surface area contributed by atoms with E-state index in [1.54, 1.807) is 110 Å². The Bertz CT molecular complexity index is 2020.